The fraction of sp³-hybridized carbons (Fsp3) is 0.333. The molecule has 2 aromatic carbocycles. The van der Waals surface area contributed by atoms with Gasteiger partial charge in [0.25, 0.3) is 0 Å². The third kappa shape index (κ3) is 7.90. The van der Waals surface area contributed by atoms with E-state index in [-0.39, 0.29) is 29.6 Å². The number of benzene rings is 2. The van der Waals surface area contributed by atoms with Crippen molar-refractivity contribution < 1.29 is 4.74 Å². The summed E-state index contributed by atoms with van der Waals surface area (Å²) in [4.78, 5) is 4.36. The van der Waals surface area contributed by atoms with E-state index in [1.807, 2.05) is 35.1 Å². The summed E-state index contributed by atoms with van der Waals surface area (Å²) in [6.45, 7) is 8.21. The van der Waals surface area contributed by atoms with Crippen molar-refractivity contribution in [3.63, 3.8) is 0 Å². The average Bonchev–Trinajstić information content (AvgIpc) is 3.22. The monoisotopic (exact) mass is 533 g/mol. The van der Waals surface area contributed by atoms with E-state index in [2.05, 4.69) is 71.8 Å². The van der Waals surface area contributed by atoms with Gasteiger partial charge in [0.2, 0.25) is 0 Å². The van der Waals surface area contributed by atoms with Crippen LogP contribution in [0.1, 0.15) is 37.5 Å². The number of aliphatic imine (C=N–C) groups is 1. The van der Waals surface area contributed by atoms with Crippen LogP contribution in [0.25, 0.3) is 0 Å². The quantitative estimate of drug-likeness (QED) is 0.265. The number of guanidine groups is 1. The second-order valence-corrected chi connectivity index (χ2v) is 8.07. The first-order chi connectivity index (χ1) is 14.4. The molecule has 0 saturated heterocycles. The summed E-state index contributed by atoms with van der Waals surface area (Å²) in [6, 6.07) is 18.4. The van der Waals surface area contributed by atoms with Crippen LogP contribution >= 0.6 is 24.0 Å². The summed E-state index contributed by atoms with van der Waals surface area (Å²) in [7, 11) is 1.78. The minimum absolute atomic E-state index is 0. The van der Waals surface area contributed by atoms with Gasteiger partial charge in [0.15, 0.2) is 5.96 Å². The first kappa shape index (κ1) is 24.7. The highest BCUT2D eigenvalue weighted by atomic mass is 127. The Bertz CT molecular complexity index is 964. The lowest BCUT2D eigenvalue weighted by atomic mass is 10.1. The highest BCUT2D eigenvalue weighted by molar-refractivity contribution is 14.0. The zero-order valence-electron chi connectivity index (χ0n) is 18.6. The number of nitrogens with zero attached hydrogens (tertiary/aromatic N) is 3. The van der Waals surface area contributed by atoms with Gasteiger partial charge in [-0.15, -0.1) is 24.0 Å². The van der Waals surface area contributed by atoms with Crippen LogP contribution < -0.4 is 15.4 Å². The molecule has 0 atom stereocenters. The average molecular weight is 533 g/mol. The fourth-order valence-electron chi connectivity index (χ4n) is 3.11. The first-order valence-electron chi connectivity index (χ1n) is 10.2. The predicted octanol–water partition coefficient (Wildman–Crippen LogP) is 4.59. The van der Waals surface area contributed by atoms with Gasteiger partial charge in [-0.25, -0.2) is 0 Å². The van der Waals surface area contributed by atoms with Crippen LogP contribution in [-0.4, -0.2) is 28.4 Å². The van der Waals surface area contributed by atoms with Crippen molar-refractivity contribution in [3.05, 3.63) is 83.7 Å². The molecule has 0 spiro atoms. The van der Waals surface area contributed by atoms with Crippen LogP contribution in [0.5, 0.6) is 5.75 Å². The van der Waals surface area contributed by atoms with E-state index in [1.54, 1.807) is 13.2 Å². The molecule has 0 fully saturated rings. The van der Waals surface area contributed by atoms with Crippen molar-refractivity contribution in [2.75, 3.05) is 7.05 Å². The fourth-order valence-corrected chi connectivity index (χ4v) is 3.11. The molecule has 0 aliphatic heterocycles. The van der Waals surface area contributed by atoms with Crippen LogP contribution in [0.3, 0.4) is 0 Å². The van der Waals surface area contributed by atoms with E-state index in [1.165, 1.54) is 11.1 Å². The molecule has 2 N–H and O–H groups in total. The molecule has 3 rings (SSSR count). The Kier molecular flexibility index (Phi) is 9.36. The third-order valence-electron chi connectivity index (χ3n) is 4.51. The molecule has 0 saturated carbocycles. The van der Waals surface area contributed by atoms with E-state index in [0.717, 1.165) is 23.8 Å². The Morgan fingerprint density at radius 1 is 0.935 bits per heavy atom. The summed E-state index contributed by atoms with van der Waals surface area (Å²) in [5, 5.41) is 11.1. The van der Waals surface area contributed by atoms with Crippen LogP contribution in [0, 0.1) is 0 Å². The minimum Gasteiger partial charge on any atom is -0.488 e. The number of para-hydroxylation sites is 1. The van der Waals surface area contributed by atoms with Crippen molar-refractivity contribution in [2.24, 2.45) is 4.99 Å². The molecule has 1 aromatic heterocycles. The van der Waals surface area contributed by atoms with E-state index in [0.29, 0.717) is 13.1 Å². The summed E-state index contributed by atoms with van der Waals surface area (Å²) < 4.78 is 8.01. The minimum atomic E-state index is -0.242. The van der Waals surface area contributed by atoms with Gasteiger partial charge in [0, 0.05) is 38.1 Å². The lowest BCUT2D eigenvalue weighted by molar-refractivity contribution is 0.129. The molecule has 0 aliphatic rings. The summed E-state index contributed by atoms with van der Waals surface area (Å²) >= 11 is 0. The normalized spacial score (nSPS) is 11.5. The second-order valence-electron chi connectivity index (χ2n) is 8.07. The number of aromatic nitrogens is 2. The number of halogens is 1. The van der Waals surface area contributed by atoms with Gasteiger partial charge in [-0.3, -0.25) is 9.67 Å². The summed E-state index contributed by atoms with van der Waals surface area (Å²) in [5.74, 6) is 1.63. The predicted molar refractivity (Wildman–Crippen MR) is 137 cm³/mol. The number of hydrogen-bond acceptors (Lipinski definition) is 3. The largest absolute Gasteiger partial charge is 0.488 e. The second kappa shape index (κ2) is 11.7. The Balaban J connectivity index is 0.00000341. The standard InChI is InChI=1S/C24H31N5O.HI/c1-24(2,3)30-22-13-8-7-11-20(22)17-27-23(25-4)26-16-19-10-5-6-12-21(19)18-29-15-9-14-28-29;/h5-15H,16-18H2,1-4H3,(H2,25,26,27);1H. The SMILES string of the molecule is CN=C(NCc1ccccc1Cn1cccn1)NCc1ccccc1OC(C)(C)C.I. The zero-order chi connectivity index (χ0) is 21.4. The highest BCUT2D eigenvalue weighted by Crippen LogP contribution is 2.22. The number of ether oxygens (including phenoxy) is 1. The van der Waals surface area contributed by atoms with Gasteiger partial charge in [0.05, 0.1) is 6.54 Å². The highest BCUT2D eigenvalue weighted by Gasteiger charge is 2.14. The van der Waals surface area contributed by atoms with Crippen LogP contribution in [0.2, 0.25) is 0 Å². The van der Waals surface area contributed by atoms with Crippen LogP contribution in [-0.2, 0) is 19.6 Å². The lowest BCUT2D eigenvalue weighted by Gasteiger charge is -2.23. The third-order valence-corrected chi connectivity index (χ3v) is 4.51. The smallest absolute Gasteiger partial charge is 0.191 e. The molecule has 3 aromatic rings. The van der Waals surface area contributed by atoms with E-state index in [4.69, 9.17) is 4.74 Å². The molecular weight excluding hydrogens is 501 g/mol. The Morgan fingerprint density at radius 3 is 2.16 bits per heavy atom. The topological polar surface area (TPSA) is 63.5 Å². The van der Waals surface area contributed by atoms with Gasteiger partial charge in [-0.1, -0.05) is 42.5 Å². The van der Waals surface area contributed by atoms with Gasteiger partial charge in [-0.05, 0) is 44.0 Å². The molecule has 6 nitrogen and oxygen atoms in total. The molecule has 0 unspecified atom stereocenters. The van der Waals surface area contributed by atoms with Gasteiger partial charge < -0.3 is 15.4 Å². The molecule has 0 aliphatic carbocycles. The van der Waals surface area contributed by atoms with Gasteiger partial charge >= 0.3 is 0 Å². The molecule has 166 valence electrons. The van der Waals surface area contributed by atoms with Crippen molar-refractivity contribution >= 4 is 29.9 Å². The van der Waals surface area contributed by atoms with Crippen LogP contribution in [0.4, 0.5) is 0 Å². The van der Waals surface area contributed by atoms with E-state index in [9.17, 15) is 0 Å². The van der Waals surface area contributed by atoms with Gasteiger partial charge in [-0.2, -0.15) is 5.10 Å². The number of rotatable bonds is 7. The first-order valence-corrected chi connectivity index (χ1v) is 10.2. The molecule has 0 bridgehead atoms. The van der Waals surface area contributed by atoms with E-state index >= 15 is 0 Å². The molecule has 1 heterocycles. The summed E-state index contributed by atoms with van der Waals surface area (Å²) in [5.41, 5.74) is 3.30. The Hall–Kier alpha value is -2.55. The molecular formula is C24H32IN5O. The maximum absolute atomic E-state index is 6.09. The van der Waals surface area contributed by atoms with Crippen molar-refractivity contribution in [3.8, 4) is 5.75 Å². The maximum Gasteiger partial charge on any atom is 0.191 e. The van der Waals surface area contributed by atoms with Crippen LogP contribution in [0.15, 0.2) is 72.0 Å². The van der Waals surface area contributed by atoms with Gasteiger partial charge in [0.1, 0.15) is 11.4 Å². The Morgan fingerprint density at radius 2 is 1.55 bits per heavy atom. The summed E-state index contributed by atoms with van der Waals surface area (Å²) in [6.07, 6.45) is 3.77. The van der Waals surface area contributed by atoms with E-state index < -0.39 is 0 Å². The maximum atomic E-state index is 6.09. The Labute approximate surface area is 202 Å². The number of nitrogens with one attached hydrogen (secondary N) is 2. The lowest BCUT2D eigenvalue weighted by Crippen LogP contribution is -2.36. The van der Waals surface area contributed by atoms with Crippen molar-refractivity contribution in [1.82, 2.24) is 20.4 Å². The van der Waals surface area contributed by atoms with Crippen molar-refractivity contribution in [1.29, 1.82) is 0 Å². The number of hydrogen-bond donors (Lipinski definition) is 2. The van der Waals surface area contributed by atoms with Crippen molar-refractivity contribution in [2.45, 2.75) is 46.0 Å². The molecule has 31 heavy (non-hydrogen) atoms. The molecule has 7 heteroatoms. The molecule has 0 radical (unpaired) electrons. The zero-order valence-corrected chi connectivity index (χ0v) is 21.0. The molecule has 0 amide bonds.